The van der Waals surface area contributed by atoms with Crippen LogP contribution in [0.5, 0.6) is 11.5 Å². The van der Waals surface area contributed by atoms with E-state index >= 15 is 0 Å². The summed E-state index contributed by atoms with van der Waals surface area (Å²) in [6, 6.07) is 7.23. The van der Waals surface area contributed by atoms with Gasteiger partial charge >= 0.3 is 5.97 Å². The number of hydrogen-bond donors (Lipinski definition) is 0. The van der Waals surface area contributed by atoms with E-state index in [2.05, 4.69) is 0 Å². The minimum absolute atomic E-state index is 0.136. The molecule has 1 aromatic carbocycles. The molecule has 0 atom stereocenters. The van der Waals surface area contributed by atoms with Gasteiger partial charge in [0.1, 0.15) is 18.1 Å². The predicted molar refractivity (Wildman–Crippen MR) is 95.8 cm³/mol. The van der Waals surface area contributed by atoms with Crippen molar-refractivity contribution in [2.45, 2.75) is 27.2 Å². The van der Waals surface area contributed by atoms with Crippen molar-refractivity contribution in [1.29, 1.82) is 0 Å². The third-order valence-corrected chi connectivity index (χ3v) is 3.30. The Morgan fingerprint density at radius 2 is 1.72 bits per heavy atom. The minimum Gasteiger partial charge on any atom is -0.497 e. The Bertz CT molecular complexity index is 576. The molecule has 0 unspecified atom stereocenters. The molecule has 0 saturated carbocycles. The highest BCUT2D eigenvalue weighted by atomic mass is 16.5. The zero-order valence-electron chi connectivity index (χ0n) is 15.4. The highest BCUT2D eigenvalue weighted by Gasteiger charge is 2.14. The number of amides is 1. The number of esters is 1. The van der Waals surface area contributed by atoms with Crippen molar-refractivity contribution >= 4 is 11.9 Å². The molecule has 6 nitrogen and oxygen atoms in total. The van der Waals surface area contributed by atoms with Crippen LogP contribution in [0.1, 0.15) is 27.2 Å². The molecular formula is C19H27NO5. The van der Waals surface area contributed by atoms with Gasteiger partial charge in [-0.1, -0.05) is 5.57 Å². The molecule has 0 fully saturated rings. The van der Waals surface area contributed by atoms with Gasteiger partial charge in [0.2, 0.25) is 5.91 Å². The van der Waals surface area contributed by atoms with E-state index < -0.39 is 0 Å². The maximum absolute atomic E-state index is 12.3. The lowest BCUT2D eigenvalue weighted by Crippen LogP contribution is -2.35. The Morgan fingerprint density at radius 3 is 2.28 bits per heavy atom. The molecule has 0 saturated heterocycles. The molecule has 0 radical (unpaired) electrons. The zero-order chi connectivity index (χ0) is 18.7. The summed E-state index contributed by atoms with van der Waals surface area (Å²) in [6.07, 6.45) is 1.72. The molecule has 0 aromatic heterocycles. The maximum Gasteiger partial charge on any atom is 0.307 e. The average molecular weight is 349 g/mol. The topological polar surface area (TPSA) is 65.1 Å². The lowest BCUT2D eigenvalue weighted by atomic mass is 10.3. The Hall–Kier alpha value is -2.50. The molecule has 0 N–H and O–H groups in total. The van der Waals surface area contributed by atoms with Gasteiger partial charge < -0.3 is 19.1 Å². The molecule has 1 aromatic rings. The number of benzene rings is 1. The summed E-state index contributed by atoms with van der Waals surface area (Å²) in [4.78, 5) is 25.4. The fourth-order valence-corrected chi connectivity index (χ4v) is 2.08. The smallest absolute Gasteiger partial charge is 0.307 e. The summed E-state index contributed by atoms with van der Waals surface area (Å²) in [7, 11) is 1.60. The Balaban J connectivity index is 2.57. The number of nitrogens with zero attached hydrogens (tertiary/aromatic N) is 1. The van der Waals surface area contributed by atoms with Crippen LogP contribution in [0.4, 0.5) is 0 Å². The third-order valence-electron chi connectivity index (χ3n) is 3.30. The normalized spacial score (nSPS) is 9.92. The number of hydrogen-bond acceptors (Lipinski definition) is 5. The van der Waals surface area contributed by atoms with E-state index in [0.29, 0.717) is 32.1 Å². The molecule has 0 spiro atoms. The number of carbonyl (C=O) groups is 2. The average Bonchev–Trinajstić information content (AvgIpc) is 2.58. The molecule has 6 heteroatoms. The molecule has 0 aliphatic carbocycles. The zero-order valence-corrected chi connectivity index (χ0v) is 15.4. The van der Waals surface area contributed by atoms with Crippen molar-refractivity contribution in [3.63, 3.8) is 0 Å². The van der Waals surface area contributed by atoms with Crippen LogP contribution < -0.4 is 9.47 Å². The van der Waals surface area contributed by atoms with Gasteiger partial charge in [0.15, 0.2) is 0 Å². The van der Waals surface area contributed by atoms with Crippen molar-refractivity contribution < 1.29 is 23.8 Å². The van der Waals surface area contributed by atoms with E-state index in [-0.39, 0.29) is 18.3 Å². The van der Waals surface area contributed by atoms with Crippen LogP contribution in [-0.2, 0) is 14.3 Å². The monoisotopic (exact) mass is 349 g/mol. The maximum atomic E-state index is 12.3. The standard InChI is InChI=1S/C19H27NO5/c1-5-24-19(22)10-11-20(18(21)14-15(2)3)12-13-25-17-8-6-16(23-4)7-9-17/h6-9,14H,5,10-13H2,1-4H3. The number of rotatable bonds is 10. The van der Waals surface area contributed by atoms with Gasteiger partial charge in [0, 0.05) is 12.6 Å². The first kappa shape index (κ1) is 20.5. The van der Waals surface area contributed by atoms with Crippen molar-refractivity contribution in [2.24, 2.45) is 0 Å². The molecule has 1 rings (SSSR count). The fourth-order valence-electron chi connectivity index (χ4n) is 2.08. The van der Waals surface area contributed by atoms with E-state index in [1.165, 1.54) is 0 Å². The first-order chi connectivity index (χ1) is 12.0. The van der Waals surface area contributed by atoms with E-state index in [4.69, 9.17) is 14.2 Å². The molecule has 0 aliphatic rings. The second-order valence-electron chi connectivity index (χ2n) is 5.63. The van der Waals surface area contributed by atoms with Crippen LogP contribution in [0.15, 0.2) is 35.9 Å². The second-order valence-corrected chi connectivity index (χ2v) is 5.63. The van der Waals surface area contributed by atoms with Crippen LogP contribution in [0.3, 0.4) is 0 Å². The summed E-state index contributed by atoms with van der Waals surface area (Å²) in [5.41, 5.74) is 0.905. The van der Waals surface area contributed by atoms with Gasteiger partial charge in [0.25, 0.3) is 0 Å². The molecular weight excluding hydrogens is 322 g/mol. The molecule has 25 heavy (non-hydrogen) atoms. The van der Waals surface area contributed by atoms with Crippen LogP contribution >= 0.6 is 0 Å². The SMILES string of the molecule is CCOC(=O)CCN(CCOc1ccc(OC)cc1)C(=O)C=C(C)C. The van der Waals surface area contributed by atoms with Crippen molar-refractivity contribution in [1.82, 2.24) is 4.90 Å². The van der Waals surface area contributed by atoms with Gasteiger partial charge in [-0.3, -0.25) is 9.59 Å². The predicted octanol–water partition coefficient (Wildman–Crippen LogP) is 2.82. The van der Waals surface area contributed by atoms with Crippen LogP contribution in [0, 0.1) is 0 Å². The van der Waals surface area contributed by atoms with Gasteiger partial charge in [0.05, 0.1) is 26.7 Å². The van der Waals surface area contributed by atoms with E-state index in [1.54, 1.807) is 37.1 Å². The van der Waals surface area contributed by atoms with E-state index in [0.717, 1.165) is 11.3 Å². The van der Waals surface area contributed by atoms with E-state index in [9.17, 15) is 9.59 Å². The lowest BCUT2D eigenvalue weighted by molar-refractivity contribution is -0.143. The summed E-state index contributed by atoms with van der Waals surface area (Å²) in [6.45, 7) is 6.82. The van der Waals surface area contributed by atoms with Gasteiger partial charge in [-0.2, -0.15) is 0 Å². The highest BCUT2D eigenvalue weighted by molar-refractivity contribution is 5.88. The molecule has 0 heterocycles. The molecule has 138 valence electrons. The van der Waals surface area contributed by atoms with E-state index in [1.807, 2.05) is 26.0 Å². The summed E-state index contributed by atoms with van der Waals surface area (Å²) in [5.74, 6) is 0.999. The summed E-state index contributed by atoms with van der Waals surface area (Å²) in [5, 5.41) is 0. The van der Waals surface area contributed by atoms with Crippen molar-refractivity contribution in [2.75, 3.05) is 33.4 Å². The Kier molecular flexibility index (Phi) is 9.14. The van der Waals surface area contributed by atoms with Gasteiger partial charge in [-0.15, -0.1) is 0 Å². The van der Waals surface area contributed by atoms with Crippen molar-refractivity contribution in [3.05, 3.63) is 35.9 Å². The van der Waals surface area contributed by atoms with Crippen LogP contribution in [0.25, 0.3) is 0 Å². The fraction of sp³-hybridized carbons (Fsp3) is 0.474. The minimum atomic E-state index is -0.312. The first-order valence-corrected chi connectivity index (χ1v) is 8.32. The molecule has 1 amide bonds. The number of allylic oxidation sites excluding steroid dienone is 1. The highest BCUT2D eigenvalue weighted by Crippen LogP contribution is 2.16. The number of carbonyl (C=O) groups excluding carboxylic acids is 2. The first-order valence-electron chi connectivity index (χ1n) is 8.32. The quantitative estimate of drug-likeness (QED) is 0.480. The van der Waals surface area contributed by atoms with Gasteiger partial charge in [-0.05, 0) is 45.0 Å². The lowest BCUT2D eigenvalue weighted by Gasteiger charge is -2.21. The van der Waals surface area contributed by atoms with Crippen molar-refractivity contribution in [3.8, 4) is 11.5 Å². The van der Waals surface area contributed by atoms with Gasteiger partial charge in [-0.25, -0.2) is 0 Å². The number of ether oxygens (including phenoxy) is 3. The summed E-state index contributed by atoms with van der Waals surface area (Å²) < 4.78 is 15.7. The van der Waals surface area contributed by atoms with Crippen LogP contribution in [0.2, 0.25) is 0 Å². The molecule has 0 aliphatic heterocycles. The largest absolute Gasteiger partial charge is 0.497 e. The second kappa shape index (κ2) is 11.1. The Labute approximate surface area is 149 Å². The molecule has 0 bridgehead atoms. The summed E-state index contributed by atoms with van der Waals surface area (Å²) >= 11 is 0. The third kappa shape index (κ3) is 8.24. The van der Waals surface area contributed by atoms with Crippen LogP contribution in [-0.4, -0.2) is 50.2 Å². The Morgan fingerprint density at radius 1 is 1.08 bits per heavy atom. The number of methoxy groups -OCH3 is 1.